The first kappa shape index (κ1) is 21.6. The van der Waals surface area contributed by atoms with Crippen LogP contribution in [0.3, 0.4) is 0 Å². The highest BCUT2D eigenvalue weighted by atomic mass is 32.2. The summed E-state index contributed by atoms with van der Waals surface area (Å²) in [6.07, 6.45) is 4.50. The van der Waals surface area contributed by atoms with E-state index in [9.17, 15) is 18.0 Å². The molecule has 1 aromatic carbocycles. The van der Waals surface area contributed by atoms with Crippen molar-refractivity contribution in [2.45, 2.75) is 43.9 Å². The Bertz CT molecular complexity index is 862. The maximum Gasteiger partial charge on any atom is 0.309 e. The Hall–Kier alpha value is -2.13. The number of nitrogens with one attached hydrogen (secondary N) is 1. The molecule has 8 nitrogen and oxygen atoms in total. The molecule has 1 aliphatic carbocycles. The first-order valence-electron chi connectivity index (χ1n) is 9.97. The zero-order chi connectivity index (χ0) is 21.0. The van der Waals surface area contributed by atoms with Gasteiger partial charge in [-0.25, -0.2) is 8.42 Å². The van der Waals surface area contributed by atoms with Crippen LogP contribution >= 0.6 is 0 Å². The Kier molecular flexibility index (Phi) is 6.79. The quantitative estimate of drug-likeness (QED) is 0.675. The van der Waals surface area contributed by atoms with E-state index in [0.29, 0.717) is 24.8 Å². The highest BCUT2D eigenvalue weighted by molar-refractivity contribution is 7.89. The van der Waals surface area contributed by atoms with Gasteiger partial charge in [-0.15, -0.1) is 0 Å². The molecule has 1 aliphatic heterocycles. The molecule has 2 fully saturated rings. The van der Waals surface area contributed by atoms with Crippen LogP contribution in [0.2, 0.25) is 0 Å². The minimum atomic E-state index is -3.66. The highest BCUT2D eigenvalue weighted by Crippen LogP contribution is 2.38. The smallest absolute Gasteiger partial charge is 0.309 e. The zero-order valence-electron chi connectivity index (χ0n) is 16.8. The van der Waals surface area contributed by atoms with Gasteiger partial charge in [-0.3, -0.25) is 9.59 Å². The van der Waals surface area contributed by atoms with Gasteiger partial charge in [0.1, 0.15) is 5.75 Å². The molecule has 29 heavy (non-hydrogen) atoms. The van der Waals surface area contributed by atoms with E-state index in [1.54, 1.807) is 0 Å². The van der Waals surface area contributed by atoms with Crippen molar-refractivity contribution in [2.75, 3.05) is 32.1 Å². The van der Waals surface area contributed by atoms with Crippen molar-refractivity contribution in [3.05, 3.63) is 18.2 Å². The molecule has 2 aliphatic rings. The van der Waals surface area contributed by atoms with Gasteiger partial charge in [0.25, 0.3) is 5.91 Å². The van der Waals surface area contributed by atoms with E-state index in [1.165, 1.54) is 29.6 Å². The SMILES string of the molecule is COc1ccc(S(=O)(=O)N2CCCCCC2)cc1NC(=O)COC(=O)[C@@H]1C[C@@H]1C. The van der Waals surface area contributed by atoms with E-state index in [2.05, 4.69) is 5.32 Å². The van der Waals surface area contributed by atoms with Crippen molar-refractivity contribution in [3.63, 3.8) is 0 Å². The maximum atomic E-state index is 13.0. The van der Waals surface area contributed by atoms with Crippen molar-refractivity contribution < 1.29 is 27.5 Å². The Morgan fingerprint density at radius 1 is 1.17 bits per heavy atom. The van der Waals surface area contributed by atoms with Gasteiger partial charge in [0.15, 0.2) is 6.61 Å². The molecular formula is C20H28N2O6S. The molecular weight excluding hydrogens is 396 g/mol. The van der Waals surface area contributed by atoms with Gasteiger partial charge in [0.05, 0.1) is 23.6 Å². The topological polar surface area (TPSA) is 102 Å². The Labute approximate surface area is 171 Å². The maximum absolute atomic E-state index is 13.0. The lowest BCUT2D eigenvalue weighted by molar-refractivity contribution is -0.148. The van der Waals surface area contributed by atoms with Gasteiger partial charge < -0.3 is 14.8 Å². The summed E-state index contributed by atoms with van der Waals surface area (Å²) in [5.41, 5.74) is 0.226. The summed E-state index contributed by atoms with van der Waals surface area (Å²) >= 11 is 0. The van der Waals surface area contributed by atoms with Crippen LogP contribution in [-0.2, 0) is 24.3 Å². The van der Waals surface area contributed by atoms with E-state index in [1.807, 2.05) is 6.92 Å². The number of amides is 1. The standard InChI is InChI=1S/C20H28N2O6S/c1-14-11-16(14)20(24)28-13-19(23)21-17-12-15(7-8-18(17)27-2)29(25,26)22-9-5-3-4-6-10-22/h7-8,12,14,16H,3-6,9-11,13H2,1-2H3,(H,21,23)/t14-,16+/m0/s1. The average molecular weight is 425 g/mol. The van der Waals surface area contributed by atoms with Gasteiger partial charge in [-0.1, -0.05) is 19.8 Å². The molecule has 0 bridgehead atoms. The molecule has 1 heterocycles. The summed E-state index contributed by atoms with van der Waals surface area (Å²) in [7, 11) is -2.23. The lowest BCUT2D eigenvalue weighted by atomic mass is 10.2. The number of anilines is 1. The molecule has 1 N–H and O–H groups in total. The summed E-state index contributed by atoms with van der Waals surface area (Å²) < 4.78 is 37.8. The average Bonchev–Trinajstić information content (AvgIpc) is 3.48. The van der Waals surface area contributed by atoms with Gasteiger partial charge >= 0.3 is 5.97 Å². The Morgan fingerprint density at radius 2 is 1.83 bits per heavy atom. The fraction of sp³-hybridized carbons (Fsp3) is 0.600. The van der Waals surface area contributed by atoms with Crippen LogP contribution in [0.25, 0.3) is 0 Å². The summed E-state index contributed by atoms with van der Waals surface area (Å²) in [5.74, 6) is -0.423. The van der Waals surface area contributed by atoms with E-state index < -0.39 is 22.5 Å². The first-order valence-corrected chi connectivity index (χ1v) is 11.4. The second-order valence-electron chi connectivity index (χ2n) is 7.66. The number of benzene rings is 1. The van der Waals surface area contributed by atoms with Gasteiger partial charge in [0, 0.05) is 13.1 Å². The highest BCUT2D eigenvalue weighted by Gasteiger charge is 2.40. The summed E-state index contributed by atoms with van der Waals surface area (Å²) in [6.45, 7) is 2.51. The molecule has 3 rings (SSSR count). The fourth-order valence-corrected chi connectivity index (χ4v) is 5.00. The lowest BCUT2D eigenvalue weighted by Crippen LogP contribution is -2.32. The summed E-state index contributed by atoms with van der Waals surface area (Å²) in [4.78, 5) is 24.1. The van der Waals surface area contributed by atoms with Crippen molar-refractivity contribution >= 4 is 27.6 Å². The summed E-state index contributed by atoms with van der Waals surface area (Å²) in [5, 5.41) is 2.59. The third-order valence-corrected chi connectivity index (χ3v) is 7.30. The zero-order valence-corrected chi connectivity index (χ0v) is 17.7. The van der Waals surface area contributed by atoms with Crippen LogP contribution < -0.4 is 10.1 Å². The molecule has 0 radical (unpaired) electrons. The molecule has 1 aromatic rings. The molecule has 9 heteroatoms. The van der Waals surface area contributed by atoms with Gasteiger partial charge in [-0.05, 0) is 43.4 Å². The van der Waals surface area contributed by atoms with E-state index in [0.717, 1.165) is 32.1 Å². The van der Waals surface area contributed by atoms with Crippen molar-refractivity contribution in [1.29, 1.82) is 0 Å². The Morgan fingerprint density at radius 3 is 2.41 bits per heavy atom. The third-order valence-electron chi connectivity index (χ3n) is 5.41. The number of nitrogens with zero attached hydrogens (tertiary/aromatic N) is 1. The summed E-state index contributed by atoms with van der Waals surface area (Å²) in [6, 6.07) is 4.38. The number of carbonyl (C=O) groups excluding carboxylic acids is 2. The predicted octanol–water partition coefficient (Wildman–Crippen LogP) is 2.40. The second kappa shape index (κ2) is 9.13. The second-order valence-corrected chi connectivity index (χ2v) is 9.59. The molecule has 0 spiro atoms. The number of rotatable bonds is 7. The van der Waals surface area contributed by atoms with Crippen molar-refractivity contribution in [3.8, 4) is 5.75 Å². The molecule has 1 saturated heterocycles. The van der Waals surface area contributed by atoms with Crippen LogP contribution in [0, 0.1) is 11.8 Å². The van der Waals surface area contributed by atoms with Gasteiger partial charge in [0.2, 0.25) is 10.0 Å². The lowest BCUT2D eigenvalue weighted by Gasteiger charge is -2.21. The predicted molar refractivity (Wildman–Crippen MR) is 107 cm³/mol. The fourth-order valence-electron chi connectivity index (χ4n) is 3.46. The minimum Gasteiger partial charge on any atom is -0.495 e. The van der Waals surface area contributed by atoms with E-state index in [-0.39, 0.29) is 22.5 Å². The third kappa shape index (κ3) is 5.27. The van der Waals surface area contributed by atoms with Crippen LogP contribution in [0.15, 0.2) is 23.1 Å². The van der Waals surface area contributed by atoms with E-state index >= 15 is 0 Å². The molecule has 2 atom stereocenters. The normalized spacial score (nSPS) is 22.4. The number of sulfonamides is 1. The van der Waals surface area contributed by atoms with Crippen LogP contribution in [-0.4, -0.2) is 51.4 Å². The van der Waals surface area contributed by atoms with Crippen LogP contribution in [0.5, 0.6) is 5.75 Å². The largest absolute Gasteiger partial charge is 0.495 e. The van der Waals surface area contributed by atoms with E-state index in [4.69, 9.17) is 9.47 Å². The molecule has 1 amide bonds. The van der Waals surface area contributed by atoms with Gasteiger partial charge in [-0.2, -0.15) is 4.31 Å². The monoisotopic (exact) mass is 424 g/mol. The van der Waals surface area contributed by atoms with Crippen LogP contribution in [0.1, 0.15) is 39.0 Å². The first-order chi connectivity index (χ1) is 13.8. The number of hydrogen-bond donors (Lipinski definition) is 1. The van der Waals surface area contributed by atoms with Crippen molar-refractivity contribution in [2.24, 2.45) is 11.8 Å². The molecule has 0 aromatic heterocycles. The number of esters is 1. The number of ether oxygens (including phenoxy) is 2. The number of carbonyl (C=O) groups is 2. The minimum absolute atomic E-state index is 0.0966. The number of hydrogen-bond acceptors (Lipinski definition) is 6. The van der Waals surface area contributed by atoms with Crippen LogP contribution in [0.4, 0.5) is 5.69 Å². The molecule has 0 unspecified atom stereocenters. The number of methoxy groups -OCH3 is 1. The van der Waals surface area contributed by atoms with Crippen molar-refractivity contribution in [1.82, 2.24) is 4.31 Å². The molecule has 1 saturated carbocycles. The molecule has 160 valence electrons. The Balaban J connectivity index is 1.70.